The van der Waals surface area contributed by atoms with Gasteiger partial charge in [-0.25, -0.2) is 13.1 Å². The summed E-state index contributed by atoms with van der Waals surface area (Å²) in [6.45, 7) is -0.336. The maximum atomic E-state index is 11.7. The molecule has 2 rings (SSSR count). The lowest BCUT2D eigenvalue weighted by molar-refractivity contribution is 0.0710. The van der Waals surface area contributed by atoms with Crippen molar-refractivity contribution in [3.63, 3.8) is 0 Å². The third-order valence-corrected chi connectivity index (χ3v) is 3.89. The highest BCUT2D eigenvalue weighted by atomic mass is 32.2. The molecule has 0 bridgehead atoms. The van der Waals surface area contributed by atoms with Crippen LogP contribution in [0, 0.1) is 0 Å². The Hall–Kier alpha value is -0.890. The largest absolute Gasteiger partial charge is 0.446 e. The number of furan rings is 1. The highest BCUT2D eigenvalue weighted by Gasteiger charge is 2.32. The summed E-state index contributed by atoms with van der Waals surface area (Å²) >= 11 is 0. The van der Waals surface area contributed by atoms with Gasteiger partial charge in [0, 0.05) is 6.04 Å². The van der Waals surface area contributed by atoms with E-state index in [2.05, 4.69) is 4.72 Å². The lowest BCUT2D eigenvalue weighted by Crippen LogP contribution is -2.46. The molecule has 0 saturated heterocycles. The van der Waals surface area contributed by atoms with Gasteiger partial charge in [-0.2, -0.15) is 0 Å². The first-order valence-electron chi connectivity index (χ1n) is 4.91. The van der Waals surface area contributed by atoms with E-state index in [1.807, 2.05) is 0 Å². The van der Waals surface area contributed by atoms with Crippen molar-refractivity contribution < 1.29 is 23.0 Å². The molecule has 1 aromatic heterocycles. The van der Waals surface area contributed by atoms with Gasteiger partial charge in [0.05, 0.1) is 6.10 Å². The molecule has 1 fully saturated rings. The first-order valence-corrected chi connectivity index (χ1v) is 6.39. The fourth-order valence-corrected chi connectivity index (χ4v) is 2.76. The second-order valence-electron chi connectivity index (χ2n) is 3.82. The molecule has 0 amide bonds. The molecule has 1 aliphatic carbocycles. The number of aliphatic hydroxyl groups excluding tert-OH is 2. The van der Waals surface area contributed by atoms with E-state index >= 15 is 0 Å². The number of sulfonamides is 1. The average molecular weight is 247 g/mol. The van der Waals surface area contributed by atoms with Gasteiger partial charge in [-0.15, -0.1) is 0 Å². The topological polar surface area (TPSA) is 99.8 Å². The van der Waals surface area contributed by atoms with Gasteiger partial charge in [-0.05, 0) is 25.0 Å². The van der Waals surface area contributed by atoms with Crippen LogP contribution in [0.15, 0.2) is 21.6 Å². The molecule has 1 aromatic rings. The molecule has 1 heterocycles. The van der Waals surface area contributed by atoms with Gasteiger partial charge >= 0.3 is 0 Å². The molecular weight excluding hydrogens is 234 g/mol. The second kappa shape index (κ2) is 4.17. The fraction of sp³-hybridized carbons (Fsp3) is 0.556. The summed E-state index contributed by atoms with van der Waals surface area (Å²) in [7, 11) is -3.67. The Bertz CT molecular complexity index is 460. The highest BCUT2D eigenvalue weighted by Crippen LogP contribution is 2.22. The van der Waals surface area contributed by atoms with E-state index in [0.717, 1.165) is 0 Å². The van der Waals surface area contributed by atoms with Crippen molar-refractivity contribution in [2.45, 2.75) is 36.7 Å². The molecule has 0 spiro atoms. The van der Waals surface area contributed by atoms with Crippen molar-refractivity contribution >= 4 is 10.0 Å². The number of hydrogen-bond donors (Lipinski definition) is 3. The van der Waals surface area contributed by atoms with Crippen LogP contribution in [-0.4, -0.2) is 30.8 Å². The molecular formula is C9H13NO5S. The SMILES string of the molecule is O=S(=O)(NC1CC(O)C1)c1ccc(CO)o1. The summed E-state index contributed by atoms with van der Waals surface area (Å²) in [5.41, 5.74) is 0. The van der Waals surface area contributed by atoms with Crippen LogP contribution in [0.1, 0.15) is 18.6 Å². The average Bonchev–Trinajstić information content (AvgIpc) is 2.63. The van der Waals surface area contributed by atoms with E-state index in [1.165, 1.54) is 12.1 Å². The standard InChI is InChI=1S/C9H13NO5S/c11-5-8-1-2-9(15-8)16(13,14)10-6-3-7(12)4-6/h1-2,6-7,10-12H,3-5H2. The van der Waals surface area contributed by atoms with Crippen molar-refractivity contribution in [1.82, 2.24) is 4.72 Å². The van der Waals surface area contributed by atoms with Crippen LogP contribution in [0.3, 0.4) is 0 Å². The zero-order valence-electron chi connectivity index (χ0n) is 8.46. The molecule has 7 heteroatoms. The van der Waals surface area contributed by atoms with E-state index in [0.29, 0.717) is 12.8 Å². The van der Waals surface area contributed by atoms with Crippen molar-refractivity contribution in [2.24, 2.45) is 0 Å². The molecule has 0 aliphatic heterocycles. The van der Waals surface area contributed by atoms with Gasteiger partial charge in [-0.3, -0.25) is 0 Å². The first kappa shape index (κ1) is 11.6. The fourth-order valence-electron chi connectivity index (χ4n) is 1.55. The van der Waals surface area contributed by atoms with Crippen LogP contribution in [0.2, 0.25) is 0 Å². The Morgan fingerprint density at radius 2 is 2.12 bits per heavy atom. The van der Waals surface area contributed by atoms with E-state index in [1.54, 1.807) is 0 Å². The number of aliphatic hydroxyl groups is 2. The maximum Gasteiger partial charge on any atom is 0.274 e. The minimum atomic E-state index is -3.67. The third-order valence-electron chi connectivity index (χ3n) is 2.49. The predicted molar refractivity (Wildman–Crippen MR) is 54.0 cm³/mol. The first-order chi connectivity index (χ1) is 7.51. The Balaban J connectivity index is 2.06. The quantitative estimate of drug-likeness (QED) is 0.670. The lowest BCUT2D eigenvalue weighted by Gasteiger charge is -2.31. The van der Waals surface area contributed by atoms with Crippen LogP contribution in [-0.2, 0) is 16.6 Å². The predicted octanol–water partition coefficient (Wildman–Crippen LogP) is -0.427. The summed E-state index contributed by atoms with van der Waals surface area (Å²) < 4.78 is 30.8. The second-order valence-corrected chi connectivity index (χ2v) is 5.47. The van der Waals surface area contributed by atoms with Crippen LogP contribution in [0.4, 0.5) is 0 Å². The molecule has 1 aliphatic rings. The zero-order valence-corrected chi connectivity index (χ0v) is 9.27. The molecule has 3 N–H and O–H groups in total. The highest BCUT2D eigenvalue weighted by molar-refractivity contribution is 7.89. The molecule has 90 valence electrons. The van der Waals surface area contributed by atoms with Crippen LogP contribution in [0.5, 0.6) is 0 Å². The van der Waals surface area contributed by atoms with E-state index < -0.39 is 16.1 Å². The van der Waals surface area contributed by atoms with Crippen molar-refractivity contribution in [2.75, 3.05) is 0 Å². The van der Waals surface area contributed by atoms with Gasteiger partial charge in [0.15, 0.2) is 0 Å². The lowest BCUT2D eigenvalue weighted by atomic mass is 9.91. The summed E-state index contributed by atoms with van der Waals surface area (Å²) in [6, 6.07) is 2.47. The van der Waals surface area contributed by atoms with Crippen LogP contribution < -0.4 is 4.72 Å². The molecule has 0 unspecified atom stereocenters. The van der Waals surface area contributed by atoms with Gasteiger partial charge in [0.1, 0.15) is 12.4 Å². The van der Waals surface area contributed by atoms with Gasteiger partial charge in [-0.1, -0.05) is 0 Å². The van der Waals surface area contributed by atoms with Gasteiger partial charge < -0.3 is 14.6 Å². The van der Waals surface area contributed by atoms with E-state index in [4.69, 9.17) is 14.6 Å². The summed E-state index contributed by atoms with van der Waals surface area (Å²) in [5, 5.41) is 17.6. The summed E-state index contributed by atoms with van der Waals surface area (Å²) in [6.07, 6.45) is 0.428. The summed E-state index contributed by atoms with van der Waals surface area (Å²) in [5.74, 6) is 0.203. The number of hydrogen-bond acceptors (Lipinski definition) is 5. The Morgan fingerprint density at radius 3 is 2.62 bits per heavy atom. The normalized spacial score (nSPS) is 25.4. The number of nitrogens with one attached hydrogen (secondary N) is 1. The summed E-state index contributed by atoms with van der Waals surface area (Å²) in [4.78, 5) is 0. The molecule has 0 aromatic carbocycles. The van der Waals surface area contributed by atoms with Crippen molar-refractivity contribution in [1.29, 1.82) is 0 Å². The van der Waals surface area contributed by atoms with Gasteiger partial charge in [0.2, 0.25) is 5.09 Å². The Morgan fingerprint density at radius 1 is 1.44 bits per heavy atom. The van der Waals surface area contributed by atoms with Gasteiger partial charge in [0.25, 0.3) is 10.0 Å². The van der Waals surface area contributed by atoms with Crippen molar-refractivity contribution in [3.8, 4) is 0 Å². The zero-order chi connectivity index (χ0) is 11.8. The molecule has 0 atom stereocenters. The van der Waals surface area contributed by atoms with E-state index in [-0.39, 0.29) is 23.5 Å². The van der Waals surface area contributed by atoms with Crippen LogP contribution in [0.25, 0.3) is 0 Å². The number of rotatable bonds is 4. The minimum absolute atomic E-state index is 0.203. The van der Waals surface area contributed by atoms with Crippen molar-refractivity contribution in [3.05, 3.63) is 17.9 Å². The maximum absolute atomic E-state index is 11.7. The molecule has 0 radical (unpaired) electrons. The molecule has 1 saturated carbocycles. The Kier molecular flexibility index (Phi) is 3.02. The third kappa shape index (κ3) is 2.27. The van der Waals surface area contributed by atoms with E-state index in [9.17, 15) is 8.42 Å². The molecule has 16 heavy (non-hydrogen) atoms. The molecule has 6 nitrogen and oxygen atoms in total. The minimum Gasteiger partial charge on any atom is -0.446 e. The van der Waals surface area contributed by atoms with Crippen LogP contribution >= 0.6 is 0 Å². The Labute approximate surface area is 92.9 Å². The smallest absolute Gasteiger partial charge is 0.274 e. The monoisotopic (exact) mass is 247 g/mol.